The van der Waals surface area contributed by atoms with Crippen LogP contribution in [0.1, 0.15) is 11.7 Å². The SMILES string of the molecule is O=S(=O)(c1cccs1)N1CCOC(c2ccc(F)cc2)C1. The van der Waals surface area contributed by atoms with E-state index in [2.05, 4.69) is 0 Å². The van der Waals surface area contributed by atoms with E-state index in [0.717, 1.165) is 5.56 Å². The van der Waals surface area contributed by atoms with Gasteiger partial charge in [-0.15, -0.1) is 11.3 Å². The number of thiophene rings is 1. The molecule has 1 atom stereocenters. The molecule has 112 valence electrons. The largest absolute Gasteiger partial charge is 0.371 e. The second-order valence-corrected chi connectivity index (χ2v) is 7.82. The minimum Gasteiger partial charge on any atom is -0.371 e. The zero-order valence-electron chi connectivity index (χ0n) is 11.1. The molecule has 1 aromatic heterocycles. The van der Waals surface area contributed by atoms with Gasteiger partial charge in [0.25, 0.3) is 10.0 Å². The summed E-state index contributed by atoms with van der Waals surface area (Å²) in [6.45, 7) is 0.899. The Kier molecular flexibility index (Phi) is 4.08. The van der Waals surface area contributed by atoms with Gasteiger partial charge in [0.05, 0.1) is 12.7 Å². The van der Waals surface area contributed by atoms with Crippen LogP contribution in [-0.4, -0.2) is 32.4 Å². The molecule has 2 aromatic rings. The number of rotatable bonds is 3. The molecule has 1 aromatic carbocycles. The van der Waals surface area contributed by atoms with Crippen molar-refractivity contribution in [2.75, 3.05) is 19.7 Å². The fraction of sp³-hybridized carbons (Fsp3) is 0.286. The van der Waals surface area contributed by atoms with Crippen molar-refractivity contribution >= 4 is 21.4 Å². The second-order valence-electron chi connectivity index (χ2n) is 4.71. The monoisotopic (exact) mass is 327 g/mol. The van der Waals surface area contributed by atoms with Gasteiger partial charge in [-0.2, -0.15) is 4.31 Å². The number of halogens is 1. The summed E-state index contributed by atoms with van der Waals surface area (Å²) in [6.07, 6.45) is -0.367. The van der Waals surface area contributed by atoms with Crippen LogP contribution in [0, 0.1) is 5.82 Å². The lowest BCUT2D eigenvalue weighted by Gasteiger charge is -2.32. The van der Waals surface area contributed by atoms with E-state index < -0.39 is 10.0 Å². The van der Waals surface area contributed by atoms with Crippen molar-refractivity contribution in [3.63, 3.8) is 0 Å². The first-order chi connectivity index (χ1) is 10.1. The van der Waals surface area contributed by atoms with Crippen LogP contribution in [0.25, 0.3) is 0 Å². The van der Waals surface area contributed by atoms with E-state index >= 15 is 0 Å². The van der Waals surface area contributed by atoms with Gasteiger partial charge in [-0.3, -0.25) is 0 Å². The highest BCUT2D eigenvalue weighted by atomic mass is 32.2. The molecule has 0 N–H and O–H groups in total. The summed E-state index contributed by atoms with van der Waals surface area (Å²) in [7, 11) is -3.47. The molecule has 0 spiro atoms. The minimum atomic E-state index is -3.47. The molecule has 3 rings (SSSR count). The van der Waals surface area contributed by atoms with E-state index in [-0.39, 0.29) is 18.5 Å². The van der Waals surface area contributed by atoms with Crippen LogP contribution < -0.4 is 0 Å². The van der Waals surface area contributed by atoms with Crippen molar-refractivity contribution in [1.82, 2.24) is 4.31 Å². The highest BCUT2D eigenvalue weighted by Gasteiger charge is 2.32. The molecule has 0 amide bonds. The Morgan fingerprint density at radius 2 is 2.00 bits per heavy atom. The second kappa shape index (κ2) is 5.84. The van der Waals surface area contributed by atoms with E-state index in [1.54, 1.807) is 29.6 Å². The van der Waals surface area contributed by atoms with Crippen LogP contribution in [0.3, 0.4) is 0 Å². The summed E-state index contributed by atoms with van der Waals surface area (Å²) in [5.74, 6) is -0.322. The van der Waals surface area contributed by atoms with Crippen LogP contribution >= 0.6 is 11.3 Å². The molecule has 1 unspecified atom stereocenters. The molecule has 2 heterocycles. The molecular weight excluding hydrogens is 313 g/mol. The first kappa shape index (κ1) is 14.6. The predicted molar refractivity (Wildman–Crippen MR) is 78.2 cm³/mol. The van der Waals surface area contributed by atoms with Gasteiger partial charge in [-0.1, -0.05) is 18.2 Å². The smallest absolute Gasteiger partial charge is 0.252 e. The number of benzene rings is 1. The number of morpholine rings is 1. The third-order valence-electron chi connectivity index (χ3n) is 3.36. The average molecular weight is 327 g/mol. The van der Waals surface area contributed by atoms with Crippen LogP contribution in [0.15, 0.2) is 46.0 Å². The topological polar surface area (TPSA) is 46.6 Å². The van der Waals surface area contributed by atoms with E-state index in [9.17, 15) is 12.8 Å². The van der Waals surface area contributed by atoms with Gasteiger partial charge < -0.3 is 4.74 Å². The maximum atomic E-state index is 13.0. The van der Waals surface area contributed by atoms with Crippen LogP contribution in [0.5, 0.6) is 0 Å². The number of hydrogen-bond donors (Lipinski definition) is 0. The van der Waals surface area contributed by atoms with E-state index in [0.29, 0.717) is 17.4 Å². The van der Waals surface area contributed by atoms with E-state index in [4.69, 9.17) is 4.74 Å². The fourth-order valence-corrected chi connectivity index (χ4v) is 4.83. The highest BCUT2D eigenvalue weighted by Crippen LogP contribution is 2.28. The molecule has 1 fully saturated rings. The summed E-state index contributed by atoms with van der Waals surface area (Å²) in [6, 6.07) is 9.27. The molecule has 0 aliphatic carbocycles. The number of hydrogen-bond acceptors (Lipinski definition) is 4. The van der Waals surface area contributed by atoms with Gasteiger partial charge >= 0.3 is 0 Å². The van der Waals surface area contributed by atoms with Gasteiger partial charge in [0, 0.05) is 13.1 Å². The summed E-state index contributed by atoms with van der Waals surface area (Å²) in [5, 5.41) is 1.74. The molecule has 4 nitrogen and oxygen atoms in total. The third-order valence-corrected chi connectivity index (χ3v) is 6.60. The maximum Gasteiger partial charge on any atom is 0.252 e. The maximum absolute atomic E-state index is 13.0. The van der Waals surface area contributed by atoms with Gasteiger partial charge in [0.1, 0.15) is 10.0 Å². The molecule has 0 saturated carbocycles. The van der Waals surface area contributed by atoms with E-state index in [1.165, 1.54) is 27.8 Å². The summed E-state index contributed by atoms with van der Waals surface area (Å²) >= 11 is 1.20. The molecule has 0 bridgehead atoms. The van der Waals surface area contributed by atoms with E-state index in [1.807, 2.05) is 0 Å². The molecule has 1 aliphatic rings. The minimum absolute atomic E-state index is 0.242. The fourth-order valence-electron chi connectivity index (χ4n) is 2.26. The number of ether oxygens (including phenoxy) is 1. The quantitative estimate of drug-likeness (QED) is 0.871. The molecule has 0 radical (unpaired) electrons. The van der Waals surface area contributed by atoms with Gasteiger partial charge in [-0.25, -0.2) is 12.8 Å². The molecular formula is C14H14FNO3S2. The Morgan fingerprint density at radius 1 is 1.24 bits per heavy atom. The van der Waals surface area contributed by atoms with Crippen molar-refractivity contribution in [3.8, 4) is 0 Å². The summed E-state index contributed by atoms with van der Waals surface area (Å²) < 4.78 is 45.3. The lowest BCUT2D eigenvalue weighted by Crippen LogP contribution is -2.41. The summed E-state index contributed by atoms with van der Waals surface area (Å²) in [4.78, 5) is 0. The van der Waals surface area contributed by atoms with Crippen molar-refractivity contribution in [1.29, 1.82) is 0 Å². The zero-order valence-corrected chi connectivity index (χ0v) is 12.7. The first-order valence-corrected chi connectivity index (χ1v) is 8.80. The Morgan fingerprint density at radius 3 is 2.67 bits per heavy atom. The number of nitrogens with zero attached hydrogens (tertiary/aromatic N) is 1. The van der Waals surface area contributed by atoms with Crippen LogP contribution in [-0.2, 0) is 14.8 Å². The predicted octanol–water partition coefficient (Wildman–Crippen LogP) is 2.65. The lowest BCUT2D eigenvalue weighted by molar-refractivity contribution is -0.00253. The third kappa shape index (κ3) is 3.01. The Hall–Kier alpha value is -1.28. The Labute approximate surface area is 126 Å². The lowest BCUT2D eigenvalue weighted by atomic mass is 10.1. The molecule has 7 heteroatoms. The Bertz CT molecular complexity index is 698. The van der Waals surface area contributed by atoms with Crippen LogP contribution in [0.4, 0.5) is 4.39 Å². The van der Waals surface area contributed by atoms with Crippen molar-refractivity contribution in [2.24, 2.45) is 0 Å². The molecule has 21 heavy (non-hydrogen) atoms. The first-order valence-electron chi connectivity index (χ1n) is 6.48. The van der Waals surface area contributed by atoms with Crippen molar-refractivity contribution < 1.29 is 17.5 Å². The summed E-state index contributed by atoms with van der Waals surface area (Å²) in [5.41, 5.74) is 0.780. The van der Waals surface area contributed by atoms with Gasteiger partial charge in [0.2, 0.25) is 0 Å². The van der Waals surface area contributed by atoms with Crippen molar-refractivity contribution in [2.45, 2.75) is 10.3 Å². The van der Waals surface area contributed by atoms with Crippen molar-refractivity contribution in [3.05, 3.63) is 53.2 Å². The molecule has 1 saturated heterocycles. The molecule has 1 aliphatic heterocycles. The standard InChI is InChI=1S/C14H14FNO3S2/c15-12-5-3-11(4-6-12)13-10-16(7-8-19-13)21(17,18)14-2-1-9-20-14/h1-6,9,13H,7-8,10H2. The van der Waals surface area contributed by atoms with Gasteiger partial charge in [-0.05, 0) is 29.1 Å². The number of sulfonamides is 1. The Balaban J connectivity index is 1.82. The van der Waals surface area contributed by atoms with Crippen LogP contribution in [0.2, 0.25) is 0 Å². The zero-order chi connectivity index (χ0) is 14.9. The highest BCUT2D eigenvalue weighted by molar-refractivity contribution is 7.91. The van der Waals surface area contributed by atoms with Gasteiger partial charge in [0.15, 0.2) is 0 Å². The average Bonchev–Trinajstić information content (AvgIpc) is 3.03. The normalized spacial score (nSPS) is 20.5.